The van der Waals surface area contributed by atoms with Crippen LogP contribution in [0.1, 0.15) is 34.6 Å². The lowest BCUT2D eigenvalue weighted by Gasteiger charge is -2.46. The average molecular weight is 498 g/mol. The standard InChI is InChI=1S/C22H31N3O6S2/c1-11-15-14(12(2)26)18(27)25(15)16(19(28)30-10-31-20(29)22(3,4)5)17(11)33-13-8-24(9-13)21-23-6-7-32-21/h11-15,26H,6-10H2,1-5H3/t11-,12+,14+,15-/m1/s1. The lowest BCUT2D eigenvalue weighted by atomic mass is 9.79. The minimum atomic E-state index is -0.799. The van der Waals surface area contributed by atoms with Crippen molar-refractivity contribution in [2.24, 2.45) is 22.2 Å². The third-order valence-electron chi connectivity index (χ3n) is 6.28. The fourth-order valence-electron chi connectivity index (χ4n) is 4.45. The van der Waals surface area contributed by atoms with E-state index in [1.165, 1.54) is 4.90 Å². The molecule has 33 heavy (non-hydrogen) atoms. The number of esters is 2. The predicted molar refractivity (Wildman–Crippen MR) is 126 cm³/mol. The molecule has 4 aliphatic heterocycles. The van der Waals surface area contributed by atoms with Crippen molar-refractivity contribution >= 4 is 46.5 Å². The molecule has 0 unspecified atom stereocenters. The van der Waals surface area contributed by atoms with Gasteiger partial charge in [-0.2, -0.15) is 0 Å². The Kier molecular flexibility index (Phi) is 6.76. The first-order valence-electron chi connectivity index (χ1n) is 11.2. The molecular formula is C22H31N3O6S2. The molecule has 4 atom stereocenters. The number of hydrogen-bond acceptors (Lipinski definition) is 10. The Bertz CT molecular complexity index is 906. The van der Waals surface area contributed by atoms with Gasteiger partial charge in [-0.25, -0.2) is 4.79 Å². The third kappa shape index (κ3) is 4.51. The Labute approximate surface area is 202 Å². The molecule has 2 saturated heterocycles. The Morgan fingerprint density at radius 3 is 2.58 bits per heavy atom. The molecule has 0 spiro atoms. The summed E-state index contributed by atoms with van der Waals surface area (Å²) in [6.07, 6.45) is -0.799. The number of nitrogens with zero attached hydrogens (tertiary/aromatic N) is 3. The number of carbonyl (C=O) groups is 3. The van der Waals surface area contributed by atoms with Gasteiger partial charge in [0.05, 0.1) is 30.0 Å². The number of rotatable bonds is 6. The normalized spacial score (nSPS) is 28.2. The van der Waals surface area contributed by atoms with Gasteiger partial charge in [0.15, 0.2) is 5.17 Å². The van der Waals surface area contributed by atoms with Gasteiger partial charge in [0.1, 0.15) is 5.70 Å². The molecule has 0 aromatic rings. The first-order chi connectivity index (χ1) is 15.5. The summed E-state index contributed by atoms with van der Waals surface area (Å²) in [4.78, 5) is 46.8. The Balaban J connectivity index is 1.47. The van der Waals surface area contributed by atoms with Gasteiger partial charge >= 0.3 is 11.9 Å². The predicted octanol–water partition coefficient (Wildman–Crippen LogP) is 1.67. The summed E-state index contributed by atoms with van der Waals surface area (Å²) in [5.74, 6) is -1.06. The van der Waals surface area contributed by atoms with Crippen molar-refractivity contribution < 1.29 is 29.0 Å². The van der Waals surface area contributed by atoms with E-state index in [1.54, 1.807) is 51.2 Å². The minimum Gasteiger partial charge on any atom is -0.427 e. The zero-order valence-electron chi connectivity index (χ0n) is 19.6. The van der Waals surface area contributed by atoms with Crippen molar-refractivity contribution in [3.63, 3.8) is 0 Å². The lowest BCUT2D eigenvalue weighted by molar-refractivity contribution is -0.175. The van der Waals surface area contributed by atoms with Crippen molar-refractivity contribution in [2.45, 2.75) is 52.0 Å². The van der Waals surface area contributed by atoms with Crippen LogP contribution in [0.15, 0.2) is 15.6 Å². The van der Waals surface area contributed by atoms with Crippen LogP contribution in [0, 0.1) is 17.3 Å². The number of aliphatic hydroxyl groups is 1. The van der Waals surface area contributed by atoms with Crippen LogP contribution < -0.4 is 0 Å². The SMILES string of the molecule is C[C@H](O)[C@@H]1C(=O)N2C(C(=O)OCOC(=O)C(C)(C)C)=C(SC3CN(C4=NCCS4)C3)[C@H](C)[C@H]12. The Morgan fingerprint density at radius 1 is 1.30 bits per heavy atom. The molecule has 0 saturated carbocycles. The fourth-order valence-corrected chi connectivity index (χ4v) is 6.85. The number of aliphatic imine (C=N–C) groups is 1. The largest absolute Gasteiger partial charge is 0.427 e. The number of aliphatic hydroxyl groups excluding tert-OH is 1. The second-order valence-electron chi connectivity index (χ2n) is 9.86. The zero-order chi connectivity index (χ0) is 24.1. The number of fused-ring (bicyclic) bond motifs is 1. The molecule has 4 heterocycles. The van der Waals surface area contributed by atoms with E-state index in [0.29, 0.717) is 0 Å². The van der Waals surface area contributed by atoms with E-state index in [1.807, 2.05) is 6.92 Å². The molecule has 0 radical (unpaired) electrons. The number of likely N-dealkylation sites (tertiary alicyclic amines) is 1. The number of carbonyl (C=O) groups excluding carboxylic acids is 3. The molecule has 11 heteroatoms. The number of amides is 1. The van der Waals surface area contributed by atoms with Crippen LogP contribution in [0.4, 0.5) is 0 Å². The van der Waals surface area contributed by atoms with Crippen LogP contribution in [0.25, 0.3) is 0 Å². The minimum absolute atomic E-state index is 0.0979. The molecule has 9 nitrogen and oxygen atoms in total. The molecule has 182 valence electrons. The molecule has 0 bridgehead atoms. The smallest absolute Gasteiger partial charge is 0.358 e. The van der Waals surface area contributed by atoms with Crippen LogP contribution in [0.3, 0.4) is 0 Å². The van der Waals surface area contributed by atoms with E-state index >= 15 is 0 Å². The van der Waals surface area contributed by atoms with E-state index in [9.17, 15) is 19.5 Å². The van der Waals surface area contributed by atoms with Crippen molar-refractivity contribution in [1.82, 2.24) is 9.80 Å². The van der Waals surface area contributed by atoms with Crippen LogP contribution in [-0.2, 0) is 23.9 Å². The number of amidine groups is 1. The molecule has 0 aromatic carbocycles. The number of ether oxygens (including phenoxy) is 2. The van der Waals surface area contributed by atoms with Gasteiger partial charge in [-0.3, -0.25) is 14.6 Å². The summed E-state index contributed by atoms with van der Waals surface area (Å²) in [5, 5.41) is 11.5. The molecule has 0 aromatic heterocycles. The van der Waals surface area contributed by atoms with Crippen molar-refractivity contribution in [3.05, 3.63) is 10.6 Å². The lowest BCUT2D eigenvalue weighted by Crippen LogP contribution is -2.63. The highest BCUT2D eigenvalue weighted by Gasteiger charge is 2.60. The quantitative estimate of drug-likeness (QED) is 0.333. The van der Waals surface area contributed by atoms with Crippen molar-refractivity contribution in [2.75, 3.05) is 32.2 Å². The van der Waals surface area contributed by atoms with Gasteiger partial charge in [-0.15, -0.1) is 11.8 Å². The molecule has 1 N–H and O–H groups in total. The van der Waals surface area contributed by atoms with Crippen LogP contribution in [0.5, 0.6) is 0 Å². The maximum absolute atomic E-state index is 13.0. The molecule has 0 aliphatic carbocycles. The number of hydrogen-bond donors (Lipinski definition) is 1. The number of β-lactam (4-membered cyclic amide) rings is 1. The summed E-state index contributed by atoms with van der Waals surface area (Å²) in [5.41, 5.74) is -0.493. The molecular weight excluding hydrogens is 466 g/mol. The summed E-state index contributed by atoms with van der Waals surface area (Å²) in [6.45, 7) is 10.7. The maximum Gasteiger partial charge on any atom is 0.358 e. The summed E-state index contributed by atoms with van der Waals surface area (Å²) >= 11 is 3.36. The molecule has 4 aliphatic rings. The van der Waals surface area contributed by atoms with Gasteiger partial charge < -0.3 is 24.4 Å². The highest BCUT2D eigenvalue weighted by Crippen LogP contribution is 2.52. The summed E-state index contributed by atoms with van der Waals surface area (Å²) in [7, 11) is 0. The highest BCUT2D eigenvalue weighted by atomic mass is 32.2. The Morgan fingerprint density at radius 2 is 2.00 bits per heavy atom. The second-order valence-corrected chi connectivity index (χ2v) is 12.3. The van der Waals surface area contributed by atoms with Crippen molar-refractivity contribution in [1.29, 1.82) is 0 Å². The zero-order valence-corrected chi connectivity index (χ0v) is 21.2. The van der Waals surface area contributed by atoms with E-state index in [4.69, 9.17) is 9.47 Å². The summed E-state index contributed by atoms with van der Waals surface area (Å²) < 4.78 is 10.3. The Hall–Kier alpha value is -1.72. The van der Waals surface area contributed by atoms with Gasteiger partial charge in [0.2, 0.25) is 12.7 Å². The van der Waals surface area contributed by atoms with E-state index in [-0.39, 0.29) is 28.8 Å². The van der Waals surface area contributed by atoms with Crippen LogP contribution in [-0.4, -0.2) is 87.5 Å². The highest BCUT2D eigenvalue weighted by molar-refractivity contribution is 8.14. The first kappa shape index (κ1) is 24.4. The molecule has 1 amide bonds. The monoisotopic (exact) mass is 497 g/mol. The molecule has 2 fully saturated rings. The van der Waals surface area contributed by atoms with Crippen molar-refractivity contribution in [3.8, 4) is 0 Å². The summed E-state index contributed by atoms with van der Waals surface area (Å²) in [6, 6.07) is -0.273. The third-order valence-corrected chi connectivity index (χ3v) is 8.76. The van der Waals surface area contributed by atoms with Crippen LogP contribution in [0.2, 0.25) is 0 Å². The topological polar surface area (TPSA) is 109 Å². The average Bonchev–Trinajstić information content (AvgIpc) is 3.29. The van der Waals surface area contributed by atoms with Gasteiger partial charge in [0, 0.05) is 34.9 Å². The van der Waals surface area contributed by atoms with Gasteiger partial charge in [0.25, 0.3) is 0 Å². The number of thioether (sulfide) groups is 2. The fraction of sp³-hybridized carbons (Fsp3) is 0.727. The van der Waals surface area contributed by atoms with Gasteiger partial charge in [-0.1, -0.05) is 18.7 Å². The second kappa shape index (κ2) is 9.14. The maximum atomic E-state index is 13.0. The van der Waals surface area contributed by atoms with Gasteiger partial charge in [-0.05, 0) is 27.7 Å². The van der Waals surface area contributed by atoms with E-state index in [0.717, 1.165) is 35.5 Å². The van der Waals surface area contributed by atoms with E-state index < -0.39 is 36.2 Å². The van der Waals surface area contributed by atoms with Crippen LogP contribution >= 0.6 is 23.5 Å². The van der Waals surface area contributed by atoms with E-state index in [2.05, 4.69) is 9.89 Å². The first-order valence-corrected chi connectivity index (χ1v) is 13.1. The molecule has 4 rings (SSSR count).